The molecule has 1 fully saturated rings. The van der Waals surface area contributed by atoms with Crippen LogP contribution in [-0.2, 0) is 29.7 Å². The summed E-state index contributed by atoms with van der Waals surface area (Å²) in [5.41, 5.74) is 2.14. The Balaban J connectivity index is 1.30. The number of ether oxygens (including phenoxy) is 2. The molecule has 0 spiro atoms. The zero-order valence-electron chi connectivity index (χ0n) is 19.0. The molecule has 0 N–H and O–H groups in total. The summed E-state index contributed by atoms with van der Waals surface area (Å²) in [5, 5.41) is 0.653. The van der Waals surface area contributed by atoms with Crippen molar-refractivity contribution in [2.24, 2.45) is 7.05 Å². The molecule has 1 aliphatic heterocycles. The smallest absolute Gasteiger partial charge is 0.327 e. The number of carbonyl (C=O) groups is 1. The van der Waals surface area contributed by atoms with Crippen molar-refractivity contribution in [2.45, 2.75) is 19.2 Å². The first-order chi connectivity index (χ1) is 16.0. The van der Waals surface area contributed by atoms with Crippen LogP contribution >= 0.6 is 11.6 Å². The Labute approximate surface area is 199 Å². The van der Waals surface area contributed by atoms with E-state index in [-0.39, 0.29) is 5.97 Å². The number of methoxy groups -OCH3 is 1. The van der Waals surface area contributed by atoms with Gasteiger partial charge in [0.1, 0.15) is 24.2 Å². The number of hydrogen-bond acceptors (Lipinski definition) is 6. The number of aryl methyl sites for hydroxylation is 1. The lowest BCUT2D eigenvalue weighted by atomic mass is 10.0. The van der Waals surface area contributed by atoms with Crippen molar-refractivity contribution in [1.82, 2.24) is 19.4 Å². The van der Waals surface area contributed by atoms with Gasteiger partial charge >= 0.3 is 5.97 Å². The van der Waals surface area contributed by atoms with E-state index in [2.05, 4.69) is 26.9 Å². The van der Waals surface area contributed by atoms with Crippen LogP contribution in [0.1, 0.15) is 23.0 Å². The third-order valence-corrected chi connectivity index (χ3v) is 6.25. The molecule has 1 aromatic heterocycles. The second-order valence-electron chi connectivity index (χ2n) is 8.18. The van der Waals surface area contributed by atoms with Crippen LogP contribution in [0.2, 0.25) is 5.02 Å². The molecule has 2 aromatic carbocycles. The molecule has 7 nitrogen and oxygen atoms in total. The molecule has 1 saturated heterocycles. The quantitative estimate of drug-likeness (QED) is 0.470. The van der Waals surface area contributed by atoms with E-state index in [1.165, 1.54) is 12.7 Å². The van der Waals surface area contributed by atoms with E-state index in [0.29, 0.717) is 11.6 Å². The van der Waals surface area contributed by atoms with Gasteiger partial charge in [0, 0.05) is 57.2 Å². The molecule has 1 unspecified atom stereocenters. The van der Waals surface area contributed by atoms with Gasteiger partial charge in [-0.15, -0.1) is 0 Å². The summed E-state index contributed by atoms with van der Waals surface area (Å²) in [6.45, 7) is 4.62. The Morgan fingerprint density at radius 3 is 2.36 bits per heavy atom. The van der Waals surface area contributed by atoms with Gasteiger partial charge in [-0.1, -0.05) is 35.9 Å². The second kappa shape index (κ2) is 10.8. The van der Waals surface area contributed by atoms with Crippen LogP contribution in [0.15, 0.2) is 60.9 Å². The number of halogens is 1. The summed E-state index contributed by atoms with van der Waals surface area (Å²) < 4.78 is 12.9. The predicted molar refractivity (Wildman–Crippen MR) is 127 cm³/mol. The van der Waals surface area contributed by atoms with Crippen molar-refractivity contribution in [3.05, 3.63) is 82.9 Å². The number of aromatic nitrogens is 2. The fourth-order valence-corrected chi connectivity index (χ4v) is 4.19. The molecule has 2 heterocycles. The third-order valence-electron chi connectivity index (χ3n) is 6.00. The largest absolute Gasteiger partial charge is 0.486 e. The van der Waals surface area contributed by atoms with Crippen LogP contribution in [0.25, 0.3) is 0 Å². The molecule has 0 amide bonds. The van der Waals surface area contributed by atoms with E-state index in [9.17, 15) is 4.79 Å². The highest BCUT2D eigenvalue weighted by Crippen LogP contribution is 2.26. The highest BCUT2D eigenvalue weighted by atomic mass is 35.5. The summed E-state index contributed by atoms with van der Waals surface area (Å²) in [4.78, 5) is 21.4. The van der Waals surface area contributed by atoms with Crippen molar-refractivity contribution in [2.75, 3.05) is 33.3 Å². The maximum atomic E-state index is 12.5. The minimum atomic E-state index is -0.412. The predicted octanol–water partition coefficient (Wildman–Crippen LogP) is 3.68. The summed E-state index contributed by atoms with van der Waals surface area (Å²) in [6, 6.07) is 15.2. The lowest BCUT2D eigenvalue weighted by Crippen LogP contribution is -2.49. The fourth-order valence-electron chi connectivity index (χ4n) is 4.07. The van der Waals surface area contributed by atoms with E-state index in [1.54, 1.807) is 6.20 Å². The van der Waals surface area contributed by atoms with Gasteiger partial charge in [0.05, 0.1) is 7.11 Å². The van der Waals surface area contributed by atoms with E-state index in [1.807, 2.05) is 54.2 Å². The molecule has 0 saturated carbocycles. The van der Waals surface area contributed by atoms with Crippen LogP contribution in [0.5, 0.6) is 5.75 Å². The van der Waals surface area contributed by atoms with Gasteiger partial charge in [0.2, 0.25) is 0 Å². The van der Waals surface area contributed by atoms with E-state index >= 15 is 0 Å². The topological polar surface area (TPSA) is 59.8 Å². The highest BCUT2D eigenvalue weighted by molar-refractivity contribution is 6.30. The molecule has 174 valence electrons. The average molecular weight is 469 g/mol. The normalized spacial score (nSPS) is 15.8. The van der Waals surface area contributed by atoms with E-state index < -0.39 is 6.04 Å². The summed E-state index contributed by atoms with van der Waals surface area (Å²) in [7, 11) is 3.39. The third kappa shape index (κ3) is 5.93. The average Bonchev–Trinajstić information content (AvgIpc) is 3.25. The Kier molecular flexibility index (Phi) is 7.65. The number of hydrogen-bond donors (Lipinski definition) is 0. The van der Waals surface area contributed by atoms with Crippen LogP contribution < -0.4 is 4.74 Å². The van der Waals surface area contributed by atoms with Crippen molar-refractivity contribution < 1.29 is 14.3 Å². The maximum absolute atomic E-state index is 12.5. The fraction of sp³-hybridized carbons (Fsp3) is 0.360. The van der Waals surface area contributed by atoms with Crippen LogP contribution in [-0.4, -0.2) is 58.6 Å². The van der Waals surface area contributed by atoms with Gasteiger partial charge in [-0.25, -0.2) is 9.78 Å². The van der Waals surface area contributed by atoms with Crippen LogP contribution in [0.3, 0.4) is 0 Å². The van der Waals surface area contributed by atoms with Crippen LogP contribution in [0, 0.1) is 0 Å². The van der Waals surface area contributed by atoms with Gasteiger partial charge < -0.3 is 14.0 Å². The molecule has 33 heavy (non-hydrogen) atoms. The molecule has 1 atom stereocenters. The highest BCUT2D eigenvalue weighted by Gasteiger charge is 2.31. The van der Waals surface area contributed by atoms with E-state index in [0.717, 1.165) is 49.9 Å². The summed E-state index contributed by atoms with van der Waals surface area (Å²) in [5.74, 6) is 1.48. The lowest BCUT2D eigenvalue weighted by molar-refractivity contribution is -0.148. The first-order valence-electron chi connectivity index (χ1n) is 11.0. The maximum Gasteiger partial charge on any atom is 0.327 e. The molecule has 8 heteroatoms. The van der Waals surface area contributed by atoms with Gasteiger partial charge in [-0.2, -0.15) is 0 Å². The number of carbonyl (C=O) groups excluding carboxylic acids is 1. The molecule has 4 rings (SSSR count). The summed E-state index contributed by atoms with van der Waals surface area (Å²) >= 11 is 6.02. The Hall–Kier alpha value is -2.87. The van der Waals surface area contributed by atoms with Gasteiger partial charge in [0.25, 0.3) is 0 Å². The number of rotatable bonds is 8. The number of benzene rings is 2. The Morgan fingerprint density at radius 2 is 1.76 bits per heavy atom. The van der Waals surface area contributed by atoms with Crippen molar-refractivity contribution in [3.63, 3.8) is 0 Å². The van der Waals surface area contributed by atoms with Crippen molar-refractivity contribution >= 4 is 17.6 Å². The lowest BCUT2D eigenvalue weighted by Gasteiger charge is -2.38. The van der Waals surface area contributed by atoms with Crippen molar-refractivity contribution in [1.29, 1.82) is 0 Å². The van der Waals surface area contributed by atoms with E-state index in [4.69, 9.17) is 21.1 Å². The number of piperazine rings is 1. The zero-order chi connectivity index (χ0) is 23.2. The van der Waals surface area contributed by atoms with Gasteiger partial charge in [0.15, 0.2) is 0 Å². The summed E-state index contributed by atoms with van der Waals surface area (Å²) in [6.07, 6.45) is 3.68. The first-order valence-corrected chi connectivity index (χ1v) is 11.4. The standard InChI is InChI=1S/C25H29ClN4O3/c1-28-12-11-27-23(28)18-33-22-9-3-19(4-10-22)17-29-13-15-30(16-14-29)24(25(31)32-2)20-5-7-21(26)8-6-20/h3-12,24H,13-18H2,1-2H3. The molecule has 3 aromatic rings. The second-order valence-corrected chi connectivity index (χ2v) is 8.61. The van der Waals surface area contributed by atoms with Crippen LogP contribution in [0.4, 0.5) is 0 Å². The molecular weight excluding hydrogens is 440 g/mol. The minimum absolute atomic E-state index is 0.244. The molecular formula is C25H29ClN4O3. The van der Waals surface area contributed by atoms with Crippen molar-refractivity contribution in [3.8, 4) is 5.75 Å². The first kappa shape index (κ1) is 23.3. The Bertz CT molecular complexity index is 1040. The Morgan fingerprint density at radius 1 is 1.06 bits per heavy atom. The monoisotopic (exact) mass is 468 g/mol. The molecule has 0 aliphatic carbocycles. The SMILES string of the molecule is COC(=O)C(c1ccc(Cl)cc1)N1CCN(Cc2ccc(OCc3nccn3C)cc2)CC1. The minimum Gasteiger partial charge on any atom is -0.486 e. The molecule has 0 radical (unpaired) electrons. The molecule has 1 aliphatic rings. The number of esters is 1. The number of imidazole rings is 1. The van der Waals surface area contributed by atoms with Gasteiger partial charge in [-0.05, 0) is 35.4 Å². The zero-order valence-corrected chi connectivity index (χ0v) is 19.7. The van der Waals surface area contributed by atoms with Gasteiger partial charge in [-0.3, -0.25) is 9.80 Å². The number of nitrogens with zero attached hydrogens (tertiary/aromatic N) is 4. The molecule has 0 bridgehead atoms.